The summed E-state index contributed by atoms with van der Waals surface area (Å²) in [4.78, 5) is 28.6. The Kier molecular flexibility index (Phi) is 4.37. The Morgan fingerprint density at radius 2 is 1.64 bits per heavy atom. The van der Waals surface area contributed by atoms with Crippen LogP contribution in [0.3, 0.4) is 0 Å². The van der Waals surface area contributed by atoms with Gasteiger partial charge >= 0.3 is 5.97 Å². The molecule has 0 aliphatic carbocycles. The summed E-state index contributed by atoms with van der Waals surface area (Å²) in [6, 6.07) is 22.1. The Balaban J connectivity index is 2.10. The maximum absolute atomic E-state index is 12.9. The van der Waals surface area contributed by atoms with Crippen LogP contribution >= 0.6 is 0 Å². The molecule has 0 aliphatic rings. The fraction of sp³-hybridized carbons (Fsp3) is 0.0455. The number of anilines is 2. The van der Waals surface area contributed by atoms with E-state index in [2.05, 4.69) is 10.3 Å². The summed E-state index contributed by atoms with van der Waals surface area (Å²) >= 11 is 0. The number of nitrogens with zero attached hydrogens (tertiary/aromatic N) is 2. The van der Waals surface area contributed by atoms with Crippen LogP contribution in [0.15, 0.2) is 77.6 Å². The number of rotatable bonds is 4. The average molecular weight is 371 g/mol. The molecule has 6 nitrogen and oxygen atoms in total. The molecule has 2 aromatic heterocycles. The second-order valence-corrected chi connectivity index (χ2v) is 6.37. The van der Waals surface area contributed by atoms with Gasteiger partial charge in [0.05, 0.1) is 10.9 Å². The minimum absolute atomic E-state index is 0.0839. The first-order valence-corrected chi connectivity index (χ1v) is 8.73. The zero-order chi connectivity index (χ0) is 19.7. The number of hydrogen-bond donors (Lipinski definition) is 2. The van der Waals surface area contributed by atoms with Crippen LogP contribution in [0.4, 0.5) is 11.5 Å². The zero-order valence-corrected chi connectivity index (χ0v) is 15.1. The number of aryl methyl sites for hydroxylation is 1. The van der Waals surface area contributed by atoms with Crippen molar-refractivity contribution in [3.05, 3.63) is 94.4 Å². The number of aromatic nitrogens is 2. The normalized spacial score (nSPS) is 10.8. The molecule has 0 bridgehead atoms. The number of hydrogen-bond acceptors (Lipinski definition) is 4. The maximum Gasteiger partial charge on any atom is 0.355 e. The summed E-state index contributed by atoms with van der Waals surface area (Å²) < 4.78 is 1.84. The lowest BCUT2D eigenvalue weighted by atomic mass is 10.1. The number of aromatic carboxylic acids is 1. The summed E-state index contributed by atoms with van der Waals surface area (Å²) in [6.07, 6.45) is 0. The van der Waals surface area contributed by atoms with Crippen LogP contribution in [0, 0.1) is 6.92 Å². The molecule has 0 saturated carbocycles. The van der Waals surface area contributed by atoms with E-state index in [1.165, 1.54) is 6.07 Å². The molecular weight excluding hydrogens is 354 g/mol. The quantitative estimate of drug-likeness (QED) is 0.563. The van der Waals surface area contributed by atoms with Crippen molar-refractivity contribution in [2.75, 3.05) is 5.32 Å². The van der Waals surface area contributed by atoms with Gasteiger partial charge in [0.1, 0.15) is 5.82 Å². The molecule has 0 spiro atoms. The van der Waals surface area contributed by atoms with Gasteiger partial charge in [-0.25, -0.2) is 9.78 Å². The number of nitrogens with one attached hydrogen (secondary N) is 1. The van der Waals surface area contributed by atoms with Crippen molar-refractivity contribution in [3.63, 3.8) is 0 Å². The molecule has 0 fully saturated rings. The highest BCUT2D eigenvalue weighted by Crippen LogP contribution is 2.26. The maximum atomic E-state index is 12.9. The molecule has 2 heterocycles. The lowest BCUT2D eigenvalue weighted by molar-refractivity contribution is 0.0692. The smallest absolute Gasteiger partial charge is 0.355 e. The van der Waals surface area contributed by atoms with E-state index in [0.717, 1.165) is 11.4 Å². The first-order chi connectivity index (χ1) is 13.5. The van der Waals surface area contributed by atoms with Gasteiger partial charge in [-0.15, -0.1) is 0 Å². The molecule has 0 atom stereocenters. The highest BCUT2D eigenvalue weighted by Gasteiger charge is 2.19. The third-order valence-corrected chi connectivity index (χ3v) is 4.39. The topological polar surface area (TPSA) is 84.2 Å². The first kappa shape index (κ1) is 17.5. The van der Waals surface area contributed by atoms with Crippen LogP contribution in [-0.2, 0) is 0 Å². The summed E-state index contributed by atoms with van der Waals surface area (Å²) in [6.45, 7) is 1.71. The molecule has 4 aromatic rings. The van der Waals surface area contributed by atoms with Crippen molar-refractivity contribution in [1.82, 2.24) is 9.55 Å². The summed E-state index contributed by atoms with van der Waals surface area (Å²) in [5.41, 5.74) is 1.98. The van der Waals surface area contributed by atoms with Crippen molar-refractivity contribution < 1.29 is 9.90 Å². The van der Waals surface area contributed by atoms with E-state index in [1.54, 1.807) is 13.0 Å². The number of carboxylic acid groups (broad SMARTS) is 1. The van der Waals surface area contributed by atoms with Crippen LogP contribution in [-0.4, -0.2) is 20.6 Å². The van der Waals surface area contributed by atoms with E-state index in [-0.39, 0.29) is 11.1 Å². The van der Waals surface area contributed by atoms with Crippen LogP contribution in [0.5, 0.6) is 0 Å². The van der Waals surface area contributed by atoms with Crippen LogP contribution < -0.4 is 10.7 Å². The summed E-state index contributed by atoms with van der Waals surface area (Å²) in [5, 5.41) is 12.9. The lowest BCUT2D eigenvalue weighted by Crippen LogP contribution is -2.17. The predicted molar refractivity (Wildman–Crippen MR) is 109 cm³/mol. The minimum atomic E-state index is -1.23. The van der Waals surface area contributed by atoms with E-state index in [0.29, 0.717) is 17.0 Å². The molecule has 6 heteroatoms. The van der Waals surface area contributed by atoms with Crippen LogP contribution in [0.1, 0.15) is 16.2 Å². The summed E-state index contributed by atoms with van der Waals surface area (Å²) in [5.74, 6) is -0.689. The Morgan fingerprint density at radius 1 is 1.00 bits per heavy atom. The number of para-hydroxylation sites is 2. The Hall–Kier alpha value is -3.93. The van der Waals surface area contributed by atoms with Crippen molar-refractivity contribution >= 4 is 28.4 Å². The number of fused-ring (bicyclic) bond motifs is 1. The minimum Gasteiger partial charge on any atom is -0.476 e. The number of carboxylic acids is 1. The number of pyridine rings is 2. The number of benzene rings is 2. The van der Waals surface area contributed by atoms with Gasteiger partial charge in [-0.1, -0.05) is 36.4 Å². The molecule has 0 aliphatic heterocycles. The zero-order valence-electron chi connectivity index (χ0n) is 15.1. The van der Waals surface area contributed by atoms with E-state index >= 15 is 0 Å². The van der Waals surface area contributed by atoms with Crippen molar-refractivity contribution in [1.29, 1.82) is 0 Å². The average Bonchev–Trinajstić information content (AvgIpc) is 2.68. The second-order valence-electron chi connectivity index (χ2n) is 6.37. The fourth-order valence-corrected chi connectivity index (χ4v) is 3.24. The predicted octanol–water partition coefficient (Wildman–Crippen LogP) is 4.14. The molecule has 0 saturated heterocycles. The summed E-state index contributed by atoms with van der Waals surface area (Å²) in [7, 11) is 0. The highest BCUT2D eigenvalue weighted by atomic mass is 16.4. The van der Waals surface area contributed by atoms with Gasteiger partial charge in [0.2, 0.25) is 0 Å². The molecule has 0 amide bonds. The first-order valence-electron chi connectivity index (χ1n) is 8.73. The van der Waals surface area contributed by atoms with Crippen molar-refractivity contribution in [2.24, 2.45) is 0 Å². The molecule has 0 unspecified atom stereocenters. The van der Waals surface area contributed by atoms with Crippen LogP contribution in [0.2, 0.25) is 0 Å². The van der Waals surface area contributed by atoms with E-state index < -0.39 is 11.4 Å². The van der Waals surface area contributed by atoms with Crippen molar-refractivity contribution in [3.8, 4) is 5.69 Å². The van der Waals surface area contributed by atoms with Gasteiger partial charge in [-0.05, 0) is 37.3 Å². The lowest BCUT2D eigenvalue weighted by Gasteiger charge is -2.19. The van der Waals surface area contributed by atoms with Gasteiger partial charge in [0.25, 0.3) is 0 Å². The van der Waals surface area contributed by atoms with E-state index in [9.17, 15) is 14.7 Å². The Bertz CT molecular complexity index is 1230. The van der Waals surface area contributed by atoms with E-state index in [1.807, 2.05) is 65.2 Å². The molecule has 0 radical (unpaired) electrons. The fourth-order valence-electron chi connectivity index (χ4n) is 3.24. The molecule has 138 valence electrons. The third-order valence-electron chi connectivity index (χ3n) is 4.39. The Labute approximate surface area is 160 Å². The second kappa shape index (κ2) is 7.00. The third kappa shape index (κ3) is 3.12. The van der Waals surface area contributed by atoms with Crippen LogP contribution in [0.25, 0.3) is 16.6 Å². The SMILES string of the molecule is Cc1cc2c(c(C(=O)O)n1)c(=O)cc(Nc1ccccc1)n2-c1ccccc1. The molecule has 28 heavy (non-hydrogen) atoms. The standard InChI is InChI=1S/C22H17N3O3/c1-14-12-17-20(21(23-14)22(27)28)18(26)13-19(24-15-8-4-2-5-9-15)25(17)16-10-6-3-7-11-16/h2-13,24H,1H3,(H,27,28). The molecule has 2 N–H and O–H groups in total. The van der Waals surface area contributed by atoms with Gasteiger partial charge < -0.3 is 10.4 Å². The number of carbonyl (C=O) groups is 1. The largest absolute Gasteiger partial charge is 0.476 e. The van der Waals surface area contributed by atoms with Gasteiger partial charge in [-0.3, -0.25) is 9.36 Å². The monoisotopic (exact) mass is 371 g/mol. The van der Waals surface area contributed by atoms with Gasteiger partial charge in [-0.2, -0.15) is 0 Å². The van der Waals surface area contributed by atoms with Gasteiger partial charge in [0, 0.05) is 23.1 Å². The molecular formula is C22H17N3O3. The van der Waals surface area contributed by atoms with Gasteiger partial charge in [0.15, 0.2) is 11.1 Å². The van der Waals surface area contributed by atoms with E-state index in [4.69, 9.17) is 0 Å². The molecule has 4 rings (SSSR count). The molecule has 2 aromatic carbocycles. The highest BCUT2D eigenvalue weighted by molar-refractivity contribution is 6.01. The Morgan fingerprint density at radius 3 is 2.29 bits per heavy atom. The van der Waals surface area contributed by atoms with Crippen molar-refractivity contribution in [2.45, 2.75) is 6.92 Å².